The van der Waals surface area contributed by atoms with Crippen molar-refractivity contribution in [1.29, 1.82) is 0 Å². The minimum atomic E-state index is -0.115. The first-order valence-corrected chi connectivity index (χ1v) is 9.45. The Morgan fingerprint density at radius 3 is 2.37 bits per heavy atom. The normalized spacial score (nSPS) is 15.0. The van der Waals surface area contributed by atoms with Gasteiger partial charge in [0.15, 0.2) is 6.61 Å². The third kappa shape index (κ3) is 6.42. The number of amides is 1. The second kappa shape index (κ2) is 10.5. The molecule has 0 spiro atoms. The van der Waals surface area contributed by atoms with Crippen LogP contribution in [-0.2, 0) is 4.79 Å². The molecular formula is C21H26Cl2N2O2. The van der Waals surface area contributed by atoms with Gasteiger partial charge in [0.25, 0.3) is 5.91 Å². The molecule has 0 aromatic heterocycles. The smallest absolute Gasteiger partial charge is 0.258 e. The Hall–Kier alpha value is -1.75. The summed E-state index contributed by atoms with van der Waals surface area (Å²) in [6.45, 7) is 4.84. The number of halogens is 2. The van der Waals surface area contributed by atoms with Crippen LogP contribution >= 0.6 is 24.0 Å². The van der Waals surface area contributed by atoms with Gasteiger partial charge in [-0.2, -0.15) is 0 Å². The monoisotopic (exact) mass is 408 g/mol. The minimum Gasteiger partial charge on any atom is -0.484 e. The van der Waals surface area contributed by atoms with Gasteiger partial charge in [-0.05, 0) is 62.7 Å². The number of carbonyl (C=O) groups is 1. The zero-order valence-electron chi connectivity index (χ0n) is 15.5. The Morgan fingerprint density at radius 1 is 1.11 bits per heavy atom. The van der Waals surface area contributed by atoms with E-state index in [2.05, 4.69) is 41.4 Å². The standard InChI is InChI=1S/C21H25ClN2O2.ClH/c1-16-4-6-17(7-5-16)20(24-12-2-3-13-24)14-23-21(25)15-26-19-10-8-18(22)9-11-19;/h4-11,20H,2-3,12-15H2,1H3,(H,23,25);1H. The molecule has 4 nitrogen and oxygen atoms in total. The van der Waals surface area contributed by atoms with Crippen molar-refractivity contribution in [2.24, 2.45) is 0 Å². The average molecular weight is 409 g/mol. The van der Waals surface area contributed by atoms with Crippen LogP contribution < -0.4 is 10.1 Å². The fourth-order valence-electron chi connectivity index (χ4n) is 3.24. The quantitative estimate of drug-likeness (QED) is 0.737. The molecule has 1 unspecified atom stereocenters. The molecule has 0 aliphatic carbocycles. The molecule has 2 aromatic rings. The van der Waals surface area contributed by atoms with Crippen molar-refractivity contribution in [3.8, 4) is 5.75 Å². The third-order valence-electron chi connectivity index (χ3n) is 4.72. The predicted octanol–water partition coefficient (Wildman–Crippen LogP) is 4.40. The van der Waals surface area contributed by atoms with Crippen LogP contribution in [0.25, 0.3) is 0 Å². The number of carbonyl (C=O) groups excluding carboxylic acids is 1. The van der Waals surface area contributed by atoms with Crippen LogP contribution in [0.3, 0.4) is 0 Å². The van der Waals surface area contributed by atoms with E-state index in [9.17, 15) is 4.79 Å². The summed E-state index contributed by atoms with van der Waals surface area (Å²) in [5.74, 6) is 0.524. The number of hydrogen-bond donors (Lipinski definition) is 1. The number of nitrogens with zero attached hydrogens (tertiary/aromatic N) is 1. The predicted molar refractivity (Wildman–Crippen MR) is 112 cm³/mol. The first-order valence-electron chi connectivity index (χ1n) is 9.07. The molecule has 146 valence electrons. The van der Waals surface area contributed by atoms with E-state index >= 15 is 0 Å². The lowest BCUT2D eigenvalue weighted by Crippen LogP contribution is -2.38. The largest absolute Gasteiger partial charge is 0.484 e. The summed E-state index contributed by atoms with van der Waals surface area (Å²) in [4.78, 5) is 14.7. The van der Waals surface area contributed by atoms with Crippen molar-refractivity contribution in [2.45, 2.75) is 25.8 Å². The van der Waals surface area contributed by atoms with Gasteiger partial charge in [0.2, 0.25) is 0 Å². The number of hydrogen-bond acceptors (Lipinski definition) is 3. The lowest BCUT2D eigenvalue weighted by atomic mass is 10.0. The molecule has 1 heterocycles. The van der Waals surface area contributed by atoms with Gasteiger partial charge < -0.3 is 10.1 Å². The van der Waals surface area contributed by atoms with E-state index in [0.29, 0.717) is 17.3 Å². The highest BCUT2D eigenvalue weighted by Crippen LogP contribution is 2.25. The van der Waals surface area contributed by atoms with Gasteiger partial charge in [0.1, 0.15) is 5.75 Å². The molecule has 1 amide bonds. The zero-order chi connectivity index (χ0) is 18.4. The number of ether oxygens (including phenoxy) is 1. The first-order chi connectivity index (χ1) is 12.6. The molecule has 1 aliphatic rings. The number of nitrogens with one attached hydrogen (secondary N) is 1. The molecule has 1 N–H and O–H groups in total. The number of likely N-dealkylation sites (tertiary alicyclic amines) is 1. The van der Waals surface area contributed by atoms with Crippen LogP contribution in [0.4, 0.5) is 0 Å². The van der Waals surface area contributed by atoms with Crippen LogP contribution in [-0.4, -0.2) is 37.0 Å². The molecule has 0 radical (unpaired) electrons. The SMILES string of the molecule is Cc1ccc(C(CNC(=O)COc2ccc(Cl)cc2)N2CCCC2)cc1.Cl. The van der Waals surface area contributed by atoms with Gasteiger partial charge in [0.05, 0.1) is 6.04 Å². The Kier molecular flexibility index (Phi) is 8.42. The van der Waals surface area contributed by atoms with Crippen molar-refractivity contribution >= 4 is 29.9 Å². The maximum Gasteiger partial charge on any atom is 0.258 e. The molecule has 27 heavy (non-hydrogen) atoms. The number of aryl methyl sites for hydroxylation is 1. The maximum atomic E-state index is 12.2. The van der Waals surface area contributed by atoms with Crippen molar-refractivity contribution in [1.82, 2.24) is 10.2 Å². The van der Waals surface area contributed by atoms with E-state index in [4.69, 9.17) is 16.3 Å². The Bertz CT molecular complexity index is 714. The zero-order valence-corrected chi connectivity index (χ0v) is 17.1. The lowest BCUT2D eigenvalue weighted by Gasteiger charge is -2.28. The lowest BCUT2D eigenvalue weighted by molar-refractivity contribution is -0.123. The summed E-state index contributed by atoms with van der Waals surface area (Å²) in [5, 5.41) is 3.67. The van der Waals surface area contributed by atoms with E-state index < -0.39 is 0 Å². The second-order valence-electron chi connectivity index (χ2n) is 6.72. The molecule has 2 aromatic carbocycles. The first kappa shape index (κ1) is 21.5. The van der Waals surface area contributed by atoms with E-state index in [1.54, 1.807) is 24.3 Å². The minimum absolute atomic E-state index is 0. The summed E-state index contributed by atoms with van der Waals surface area (Å²) in [6.07, 6.45) is 2.44. The summed E-state index contributed by atoms with van der Waals surface area (Å²) in [7, 11) is 0. The molecule has 1 aliphatic heterocycles. The summed E-state index contributed by atoms with van der Waals surface area (Å²) in [6, 6.07) is 15.8. The fourth-order valence-corrected chi connectivity index (χ4v) is 3.37. The van der Waals surface area contributed by atoms with Crippen LogP contribution in [0.1, 0.15) is 30.0 Å². The summed E-state index contributed by atoms with van der Waals surface area (Å²) >= 11 is 5.85. The molecule has 1 saturated heterocycles. The van der Waals surface area contributed by atoms with Gasteiger partial charge in [-0.1, -0.05) is 41.4 Å². The van der Waals surface area contributed by atoms with Crippen molar-refractivity contribution in [3.05, 3.63) is 64.7 Å². The Labute approximate surface area is 172 Å². The number of benzene rings is 2. The second-order valence-corrected chi connectivity index (χ2v) is 7.15. The summed E-state index contributed by atoms with van der Waals surface area (Å²) in [5.41, 5.74) is 2.49. The Balaban J connectivity index is 0.00000261. The van der Waals surface area contributed by atoms with Gasteiger partial charge in [-0.25, -0.2) is 0 Å². The van der Waals surface area contributed by atoms with Crippen molar-refractivity contribution in [2.75, 3.05) is 26.2 Å². The Morgan fingerprint density at radius 2 is 1.74 bits per heavy atom. The molecule has 0 saturated carbocycles. The topological polar surface area (TPSA) is 41.6 Å². The van der Waals surface area contributed by atoms with E-state index in [1.807, 2.05) is 0 Å². The highest BCUT2D eigenvalue weighted by Gasteiger charge is 2.23. The molecule has 0 bridgehead atoms. The van der Waals surface area contributed by atoms with Crippen LogP contribution in [0.15, 0.2) is 48.5 Å². The van der Waals surface area contributed by atoms with E-state index in [1.165, 1.54) is 24.0 Å². The van der Waals surface area contributed by atoms with Gasteiger partial charge >= 0.3 is 0 Å². The molecule has 1 fully saturated rings. The van der Waals surface area contributed by atoms with E-state index in [0.717, 1.165) is 13.1 Å². The molecule has 3 rings (SSSR count). The maximum absolute atomic E-state index is 12.2. The van der Waals surface area contributed by atoms with Crippen molar-refractivity contribution in [3.63, 3.8) is 0 Å². The van der Waals surface area contributed by atoms with Crippen LogP contribution in [0.2, 0.25) is 5.02 Å². The molecule has 6 heteroatoms. The highest BCUT2D eigenvalue weighted by molar-refractivity contribution is 6.30. The number of rotatable bonds is 7. The summed E-state index contributed by atoms with van der Waals surface area (Å²) < 4.78 is 5.52. The fraction of sp³-hybridized carbons (Fsp3) is 0.381. The van der Waals surface area contributed by atoms with E-state index in [-0.39, 0.29) is 31.0 Å². The van der Waals surface area contributed by atoms with Crippen molar-refractivity contribution < 1.29 is 9.53 Å². The third-order valence-corrected chi connectivity index (χ3v) is 4.97. The van der Waals surface area contributed by atoms with Crippen LogP contribution in [0.5, 0.6) is 5.75 Å². The van der Waals surface area contributed by atoms with Crippen LogP contribution in [0, 0.1) is 6.92 Å². The van der Waals surface area contributed by atoms with Gasteiger partial charge in [0, 0.05) is 11.6 Å². The average Bonchev–Trinajstić information content (AvgIpc) is 3.17. The van der Waals surface area contributed by atoms with Gasteiger partial charge in [-0.15, -0.1) is 12.4 Å². The molecular weight excluding hydrogens is 383 g/mol. The molecule has 1 atom stereocenters. The highest BCUT2D eigenvalue weighted by atomic mass is 35.5. The van der Waals surface area contributed by atoms with Gasteiger partial charge in [-0.3, -0.25) is 9.69 Å².